The van der Waals surface area contributed by atoms with Crippen LogP contribution in [0, 0.1) is 0 Å². The molecule has 0 aliphatic carbocycles. The monoisotopic (exact) mass is 364 g/mol. The van der Waals surface area contributed by atoms with Gasteiger partial charge in [0.15, 0.2) is 0 Å². The van der Waals surface area contributed by atoms with Crippen LogP contribution >= 0.6 is 13.5 Å². The van der Waals surface area contributed by atoms with Crippen LogP contribution in [0.25, 0.3) is 0 Å². The van der Waals surface area contributed by atoms with Crippen molar-refractivity contribution in [1.29, 1.82) is 0 Å². The molecule has 8 heteroatoms. The number of hydrogen-bond acceptors (Lipinski definition) is 7. The molecule has 24 heavy (non-hydrogen) atoms. The van der Waals surface area contributed by atoms with Crippen LogP contribution in [0.3, 0.4) is 0 Å². The van der Waals surface area contributed by atoms with Crippen LogP contribution in [0.15, 0.2) is 24.3 Å². The zero-order chi connectivity index (χ0) is 17.5. The lowest BCUT2D eigenvalue weighted by Crippen LogP contribution is -2.15. The van der Waals surface area contributed by atoms with Crippen LogP contribution in [-0.2, 0) is 33.3 Å². The second kappa shape index (κ2) is 16.5. The van der Waals surface area contributed by atoms with Crippen LogP contribution in [0.5, 0.6) is 0 Å². The third kappa shape index (κ3) is 15.5. The molecule has 0 aliphatic rings. The number of carbonyl (C=O) groups is 2. The molecule has 0 saturated carbocycles. The Morgan fingerprint density at radius 1 is 0.625 bits per heavy atom. The van der Waals surface area contributed by atoms with Crippen LogP contribution < -0.4 is 0 Å². The summed E-state index contributed by atoms with van der Waals surface area (Å²) >= 11 is 0. The average molecular weight is 364 g/mol. The predicted octanol–water partition coefficient (Wildman–Crippen LogP) is 1.39. The summed E-state index contributed by atoms with van der Waals surface area (Å²) < 4.78 is 25.4. The minimum Gasteiger partial charge on any atom is -0.460 e. The molecule has 140 valence electrons. The molecule has 0 N–H and O–H groups in total. The summed E-state index contributed by atoms with van der Waals surface area (Å²) in [6, 6.07) is 0. The van der Waals surface area contributed by atoms with Gasteiger partial charge in [0.25, 0.3) is 0 Å². The first kappa shape index (κ1) is 24.9. The second-order valence-corrected chi connectivity index (χ2v) is 4.67. The van der Waals surface area contributed by atoms with Crippen molar-refractivity contribution in [2.24, 2.45) is 0 Å². The highest BCUT2D eigenvalue weighted by Gasteiger charge is 2.02. The van der Waals surface area contributed by atoms with Gasteiger partial charge in [0.1, 0.15) is 13.2 Å². The Balaban J connectivity index is 0. The van der Waals surface area contributed by atoms with Crippen LogP contribution in [0.2, 0.25) is 0 Å². The van der Waals surface area contributed by atoms with Gasteiger partial charge in [-0.15, -0.1) is 0 Å². The largest absolute Gasteiger partial charge is 0.460 e. The maximum absolute atomic E-state index is 11.0. The first-order chi connectivity index (χ1) is 10.9. The van der Waals surface area contributed by atoms with E-state index in [4.69, 9.17) is 23.7 Å². The number of esters is 2. The zero-order valence-corrected chi connectivity index (χ0v) is 15.4. The van der Waals surface area contributed by atoms with Gasteiger partial charge in [-0.1, -0.05) is 13.2 Å². The Bertz CT molecular complexity index is 360. The smallest absolute Gasteiger partial charge is 0.333 e. The topological polar surface area (TPSA) is 80.3 Å². The minimum absolute atomic E-state index is 0. The molecule has 0 heterocycles. The SMILES string of the molecule is C=C(C)C(=O)OCCOCCOCCOCCOC(=O)C(=C)C.S. The van der Waals surface area contributed by atoms with Gasteiger partial charge in [0.05, 0.1) is 39.6 Å². The van der Waals surface area contributed by atoms with E-state index >= 15 is 0 Å². The van der Waals surface area contributed by atoms with E-state index in [9.17, 15) is 9.59 Å². The number of carbonyl (C=O) groups excluding carboxylic acids is 2. The van der Waals surface area contributed by atoms with Gasteiger partial charge in [-0.25, -0.2) is 9.59 Å². The van der Waals surface area contributed by atoms with E-state index in [2.05, 4.69) is 13.2 Å². The van der Waals surface area contributed by atoms with E-state index in [1.165, 1.54) is 0 Å². The maximum atomic E-state index is 11.0. The van der Waals surface area contributed by atoms with Crippen molar-refractivity contribution in [1.82, 2.24) is 0 Å². The van der Waals surface area contributed by atoms with Crippen molar-refractivity contribution < 1.29 is 33.3 Å². The minimum atomic E-state index is -0.420. The van der Waals surface area contributed by atoms with Crippen molar-refractivity contribution >= 4 is 25.4 Å². The van der Waals surface area contributed by atoms with Crippen molar-refractivity contribution in [3.05, 3.63) is 24.3 Å². The molecule has 0 fully saturated rings. The van der Waals surface area contributed by atoms with Gasteiger partial charge in [0, 0.05) is 11.1 Å². The third-order valence-electron chi connectivity index (χ3n) is 2.36. The Kier molecular flexibility index (Phi) is 17.1. The molecule has 0 aromatic heterocycles. The molecular weight excluding hydrogens is 336 g/mol. The number of ether oxygens (including phenoxy) is 5. The molecular formula is C16H28O7S. The van der Waals surface area contributed by atoms with Crippen molar-refractivity contribution in [2.45, 2.75) is 13.8 Å². The van der Waals surface area contributed by atoms with Crippen molar-refractivity contribution in [3.8, 4) is 0 Å². The van der Waals surface area contributed by atoms with Crippen LogP contribution in [0.4, 0.5) is 0 Å². The number of rotatable bonds is 14. The normalized spacial score (nSPS) is 9.75. The third-order valence-corrected chi connectivity index (χ3v) is 2.36. The molecule has 0 atom stereocenters. The molecule has 0 aliphatic heterocycles. The highest BCUT2D eigenvalue weighted by Crippen LogP contribution is 1.92. The molecule has 0 radical (unpaired) electrons. The van der Waals surface area contributed by atoms with E-state index in [1.54, 1.807) is 13.8 Å². The zero-order valence-electron chi connectivity index (χ0n) is 14.4. The maximum Gasteiger partial charge on any atom is 0.333 e. The lowest BCUT2D eigenvalue weighted by Gasteiger charge is -2.08. The van der Waals surface area contributed by atoms with Gasteiger partial charge in [-0.2, -0.15) is 13.5 Å². The Morgan fingerprint density at radius 2 is 0.875 bits per heavy atom. The number of hydrogen-bond donors (Lipinski definition) is 0. The summed E-state index contributed by atoms with van der Waals surface area (Å²) in [7, 11) is 0. The predicted molar refractivity (Wildman–Crippen MR) is 94.4 cm³/mol. The van der Waals surface area contributed by atoms with E-state index in [0.717, 1.165) is 0 Å². The first-order valence-corrected chi connectivity index (χ1v) is 7.33. The van der Waals surface area contributed by atoms with Crippen molar-refractivity contribution in [3.63, 3.8) is 0 Å². The van der Waals surface area contributed by atoms with Gasteiger partial charge in [-0.3, -0.25) is 0 Å². The highest BCUT2D eigenvalue weighted by molar-refractivity contribution is 7.59. The van der Waals surface area contributed by atoms with E-state index in [1.807, 2.05) is 0 Å². The van der Waals surface area contributed by atoms with Gasteiger partial charge >= 0.3 is 11.9 Å². The van der Waals surface area contributed by atoms with E-state index in [0.29, 0.717) is 50.8 Å². The molecule has 0 aromatic carbocycles. The Hall–Kier alpha value is -1.35. The fraction of sp³-hybridized carbons (Fsp3) is 0.625. The van der Waals surface area contributed by atoms with Crippen LogP contribution in [-0.4, -0.2) is 64.8 Å². The van der Waals surface area contributed by atoms with Crippen molar-refractivity contribution in [2.75, 3.05) is 52.9 Å². The lowest BCUT2D eigenvalue weighted by molar-refractivity contribution is -0.141. The molecule has 0 aromatic rings. The van der Waals surface area contributed by atoms with Gasteiger partial charge < -0.3 is 23.7 Å². The van der Waals surface area contributed by atoms with Gasteiger partial charge in [-0.05, 0) is 13.8 Å². The van der Waals surface area contributed by atoms with Gasteiger partial charge in [0.2, 0.25) is 0 Å². The quantitative estimate of drug-likeness (QED) is 0.262. The molecule has 0 rings (SSSR count). The molecule has 0 amide bonds. The highest BCUT2D eigenvalue weighted by atomic mass is 32.1. The second-order valence-electron chi connectivity index (χ2n) is 4.67. The van der Waals surface area contributed by atoms with Crippen LogP contribution in [0.1, 0.15) is 13.8 Å². The fourth-order valence-corrected chi connectivity index (χ4v) is 1.17. The summed E-state index contributed by atoms with van der Waals surface area (Å²) in [5.74, 6) is -0.841. The summed E-state index contributed by atoms with van der Waals surface area (Å²) in [5, 5.41) is 0. The summed E-state index contributed by atoms with van der Waals surface area (Å²) in [6.07, 6.45) is 0. The fourth-order valence-electron chi connectivity index (χ4n) is 1.17. The molecule has 0 unspecified atom stereocenters. The summed E-state index contributed by atoms with van der Waals surface area (Å²) in [4.78, 5) is 22.1. The Labute approximate surface area is 150 Å². The standard InChI is InChI=1S/C16H26O7.H2S/c1-13(2)15(17)22-11-9-20-7-5-19-6-8-21-10-12-23-16(18)14(3)4;/h1,3,5-12H2,2,4H3;1H2. The molecule has 0 spiro atoms. The summed E-state index contributed by atoms with van der Waals surface area (Å²) in [6.45, 7) is 12.8. The first-order valence-electron chi connectivity index (χ1n) is 7.33. The average Bonchev–Trinajstić information content (AvgIpc) is 2.50. The Morgan fingerprint density at radius 3 is 1.12 bits per heavy atom. The lowest BCUT2D eigenvalue weighted by atomic mass is 10.4. The molecule has 7 nitrogen and oxygen atoms in total. The summed E-state index contributed by atoms with van der Waals surface area (Å²) in [5.41, 5.74) is 0.727. The molecule has 0 bridgehead atoms. The van der Waals surface area contributed by atoms with E-state index < -0.39 is 11.9 Å². The molecule has 0 saturated heterocycles. The van der Waals surface area contributed by atoms with E-state index in [-0.39, 0.29) is 26.7 Å².